The van der Waals surface area contributed by atoms with E-state index in [4.69, 9.17) is 23.7 Å². The number of hydrogen-bond donors (Lipinski definition) is 6. The maximum absolute atomic E-state index is 12.6. The van der Waals surface area contributed by atoms with Gasteiger partial charge in [-0.2, -0.15) is 0 Å². The Morgan fingerprint density at radius 1 is 0.973 bits per heavy atom. The van der Waals surface area contributed by atoms with Crippen molar-refractivity contribution in [3.63, 3.8) is 0 Å². The molecule has 0 saturated carbocycles. The molecule has 1 aromatic carbocycles. The third-order valence-electron chi connectivity index (χ3n) is 6.32. The maximum atomic E-state index is 12.6. The molecule has 1 fully saturated rings. The van der Waals surface area contributed by atoms with Gasteiger partial charge in [0.1, 0.15) is 30.2 Å². The Labute approximate surface area is 212 Å². The molecular formula is C24H32O13. The third-order valence-corrected chi connectivity index (χ3v) is 6.32. The Kier molecular flexibility index (Phi) is 10.2. The molecule has 13 heteroatoms. The van der Waals surface area contributed by atoms with Crippen molar-refractivity contribution in [1.82, 2.24) is 0 Å². The number of hydrogen-bond acceptors (Lipinski definition) is 13. The number of aromatic hydroxyl groups is 1. The topological polar surface area (TPSA) is 202 Å². The standard InChI is InChI=1S/C24H32O13/c1-33-22(32)16-11-35-23(37-24-21(31)20(30)19(29)17(10-26)36-24)15(9-25)14(16)8-18(28)34-7-6-12-2-4-13(27)5-3-12/h2-5,11,14-15,17,19-21,23-27,29-31H,6-10H2,1H3/t14-,15+,17+,19+,20-,21+,23-,24-/m0/s1. The average molecular weight is 529 g/mol. The molecule has 0 aromatic heterocycles. The minimum absolute atomic E-state index is 0.0265. The number of aliphatic hydroxyl groups is 5. The van der Waals surface area contributed by atoms with Crippen molar-refractivity contribution in [3.05, 3.63) is 41.7 Å². The van der Waals surface area contributed by atoms with E-state index in [0.717, 1.165) is 18.9 Å². The third kappa shape index (κ3) is 6.96. The first-order valence-corrected chi connectivity index (χ1v) is 11.6. The number of methoxy groups -OCH3 is 1. The summed E-state index contributed by atoms with van der Waals surface area (Å²) in [4.78, 5) is 25.0. The van der Waals surface area contributed by atoms with E-state index in [1.165, 1.54) is 12.1 Å². The monoisotopic (exact) mass is 528 g/mol. The highest BCUT2D eigenvalue weighted by Crippen LogP contribution is 2.36. The van der Waals surface area contributed by atoms with Crippen molar-refractivity contribution in [3.8, 4) is 5.75 Å². The number of aliphatic hydroxyl groups excluding tert-OH is 5. The molecule has 2 aliphatic rings. The molecule has 37 heavy (non-hydrogen) atoms. The smallest absolute Gasteiger partial charge is 0.337 e. The van der Waals surface area contributed by atoms with Crippen molar-refractivity contribution in [2.24, 2.45) is 11.8 Å². The van der Waals surface area contributed by atoms with Crippen molar-refractivity contribution < 1.29 is 63.9 Å². The molecule has 2 heterocycles. The second-order valence-electron chi connectivity index (χ2n) is 8.70. The van der Waals surface area contributed by atoms with Gasteiger partial charge in [-0.3, -0.25) is 4.79 Å². The van der Waals surface area contributed by atoms with Gasteiger partial charge in [0.15, 0.2) is 6.29 Å². The summed E-state index contributed by atoms with van der Waals surface area (Å²) in [5, 5.41) is 59.1. The lowest BCUT2D eigenvalue weighted by atomic mass is 9.82. The quantitative estimate of drug-likeness (QED) is 0.188. The van der Waals surface area contributed by atoms with Gasteiger partial charge in [0.25, 0.3) is 0 Å². The zero-order chi connectivity index (χ0) is 27.1. The minimum atomic E-state index is -1.73. The first-order valence-electron chi connectivity index (χ1n) is 11.6. The van der Waals surface area contributed by atoms with E-state index in [2.05, 4.69) is 0 Å². The molecular weight excluding hydrogens is 496 g/mol. The molecule has 1 aromatic rings. The molecule has 0 radical (unpaired) electrons. The highest BCUT2D eigenvalue weighted by molar-refractivity contribution is 5.89. The maximum Gasteiger partial charge on any atom is 0.337 e. The predicted molar refractivity (Wildman–Crippen MR) is 121 cm³/mol. The van der Waals surface area contributed by atoms with Crippen LogP contribution in [-0.4, -0.2) is 107 Å². The van der Waals surface area contributed by atoms with Crippen LogP contribution in [0.15, 0.2) is 36.1 Å². The predicted octanol–water partition coefficient (Wildman–Crippen LogP) is -1.68. The molecule has 0 bridgehead atoms. The summed E-state index contributed by atoms with van der Waals surface area (Å²) in [6.45, 7) is -1.27. The Morgan fingerprint density at radius 3 is 2.30 bits per heavy atom. The van der Waals surface area contributed by atoms with Gasteiger partial charge in [-0.05, 0) is 17.7 Å². The van der Waals surface area contributed by atoms with Crippen LogP contribution in [-0.2, 0) is 39.7 Å². The van der Waals surface area contributed by atoms with Gasteiger partial charge in [0.05, 0.1) is 51.1 Å². The largest absolute Gasteiger partial charge is 0.508 e. The van der Waals surface area contributed by atoms with Crippen LogP contribution in [0, 0.1) is 11.8 Å². The molecule has 0 aliphatic carbocycles. The molecule has 8 atom stereocenters. The van der Waals surface area contributed by atoms with E-state index in [-0.39, 0.29) is 24.4 Å². The van der Waals surface area contributed by atoms with E-state index in [1.807, 2.05) is 0 Å². The molecule has 13 nitrogen and oxygen atoms in total. The van der Waals surface area contributed by atoms with E-state index in [1.54, 1.807) is 12.1 Å². The van der Waals surface area contributed by atoms with Crippen LogP contribution in [0.25, 0.3) is 0 Å². The zero-order valence-electron chi connectivity index (χ0n) is 20.1. The molecule has 0 amide bonds. The lowest BCUT2D eigenvalue weighted by molar-refractivity contribution is -0.342. The number of esters is 2. The van der Waals surface area contributed by atoms with Crippen LogP contribution in [0.4, 0.5) is 0 Å². The number of rotatable bonds is 10. The zero-order valence-corrected chi connectivity index (χ0v) is 20.1. The fourth-order valence-electron chi connectivity index (χ4n) is 4.17. The molecule has 206 valence electrons. The molecule has 6 N–H and O–H groups in total. The fraction of sp³-hybridized carbons (Fsp3) is 0.583. The van der Waals surface area contributed by atoms with Crippen molar-refractivity contribution in [2.45, 2.75) is 49.8 Å². The number of carbonyl (C=O) groups excluding carboxylic acids is 2. The van der Waals surface area contributed by atoms with E-state index in [9.17, 15) is 40.2 Å². The fourth-order valence-corrected chi connectivity index (χ4v) is 4.17. The molecule has 3 rings (SSSR count). The first-order chi connectivity index (χ1) is 17.7. The van der Waals surface area contributed by atoms with Crippen LogP contribution in [0.5, 0.6) is 5.75 Å². The van der Waals surface area contributed by atoms with Crippen LogP contribution in [0.1, 0.15) is 12.0 Å². The van der Waals surface area contributed by atoms with E-state index >= 15 is 0 Å². The Hall–Kier alpha value is -2.78. The molecule has 1 saturated heterocycles. The van der Waals surface area contributed by atoms with Crippen molar-refractivity contribution >= 4 is 11.9 Å². The van der Waals surface area contributed by atoms with Gasteiger partial charge in [-0.25, -0.2) is 4.79 Å². The van der Waals surface area contributed by atoms with Crippen LogP contribution in [0.3, 0.4) is 0 Å². The second-order valence-corrected chi connectivity index (χ2v) is 8.70. The van der Waals surface area contributed by atoms with Crippen LogP contribution in [0.2, 0.25) is 0 Å². The van der Waals surface area contributed by atoms with Gasteiger partial charge < -0.3 is 54.3 Å². The summed E-state index contributed by atoms with van der Waals surface area (Å²) >= 11 is 0. The minimum Gasteiger partial charge on any atom is -0.508 e. The first kappa shape index (κ1) is 28.8. The summed E-state index contributed by atoms with van der Waals surface area (Å²) < 4.78 is 26.4. The van der Waals surface area contributed by atoms with Gasteiger partial charge in [0.2, 0.25) is 6.29 Å². The molecule has 0 spiro atoms. The Morgan fingerprint density at radius 2 is 1.68 bits per heavy atom. The number of phenolic OH excluding ortho intramolecular Hbond substituents is 1. The van der Waals surface area contributed by atoms with Gasteiger partial charge in [-0.15, -0.1) is 0 Å². The highest BCUT2D eigenvalue weighted by atomic mass is 16.8. The average Bonchev–Trinajstić information content (AvgIpc) is 2.89. The van der Waals surface area contributed by atoms with Gasteiger partial charge in [-0.1, -0.05) is 12.1 Å². The molecule has 2 aliphatic heterocycles. The lowest BCUT2D eigenvalue weighted by Crippen LogP contribution is -2.60. The Balaban J connectivity index is 1.69. The number of benzene rings is 1. The second kappa shape index (κ2) is 13.1. The highest BCUT2D eigenvalue weighted by Gasteiger charge is 2.48. The van der Waals surface area contributed by atoms with Crippen molar-refractivity contribution in [2.75, 3.05) is 26.9 Å². The summed E-state index contributed by atoms with van der Waals surface area (Å²) in [5.41, 5.74) is 0.777. The normalized spacial score (nSPS) is 31.7. The SMILES string of the molecule is COC(=O)C1=CO[C@@H](O[C@@H]2O[C@H](CO)[C@@H](O)[C@H](O)[C@H]2O)[C@H](CO)[C@@H]1CC(=O)OCCc1ccc(O)cc1. The summed E-state index contributed by atoms with van der Waals surface area (Å²) in [6, 6.07) is 6.38. The number of phenols is 1. The van der Waals surface area contributed by atoms with Crippen LogP contribution >= 0.6 is 0 Å². The van der Waals surface area contributed by atoms with Crippen LogP contribution < -0.4 is 0 Å². The summed E-state index contributed by atoms with van der Waals surface area (Å²) in [7, 11) is 1.14. The van der Waals surface area contributed by atoms with Crippen molar-refractivity contribution in [1.29, 1.82) is 0 Å². The number of carbonyl (C=O) groups is 2. The van der Waals surface area contributed by atoms with Gasteiger partial charge >= 0.3 is 11.9 Å². The Bertz CT molecular complexity index is 931. The summed E-state index contributed by atoms with van der Waals surface area (Å²) in [6.07, 6.45) is -8.14. The summed E-state index contributed by atoms with van der Waals surface area (Å²) in [5.74, 6) is -3.37. The molecule has 0 unspecified atom stereocenters. The number of ether oxygens (including phenoxy) is 5. The van der Waals surface area contributed by atoms with Gasteiger partial charge in [0, 0.05) is 12.3 Å². The van der Waals surface area contributed by atoms with E-state index < -0.39 is 74.0 Å². The van der Waals surface area contributed by atoms with E-state index in [0.29, 0.717) is 6.42 Å². The lowest BCUT2D eigenvalue weighted by Gasteiger charge is -2.43.